The molecule has 3 aromatic rings. The van der Waals surface area contributed by atoms with Crippen LogP contribution < -0.4 is 10.2 Å². The fourth-order valence-electron chi connectivity index (χ4n) is 2.56. The van der Waals surface area contributed by atoms with Crippen molar-refractivity contribution in [2.45, 2.75) is 18.6 Å². The zero-order valence-electron chi connectivity index (χ0n) is 16.0. The second kappa shape index (κ2) is 10.2. The number of hydrogen-bond acceptors (Lipinski definition) is 6. The molecule has 0 saturated heterocycles. The van der Waals surface area contributed by atoms with Crippen LogP contribution in [0, 0.1) is 0 Å². The third kappa shape index (κ3) is 5.68. The number of nitrogens with zero attached hydrogens (tertiary/aromatic N) is 4. The van der Waals surface area contributed by atoms with Crippen LogP contribution in [0.4, 0.5) is 0 Å². The van der Waals surface area contributed by atoms with Gasteiger partial charge in [-0.1, -0.05) is 39.8 Å². The Labute approximate surface area is 181 Å². The number of benzene rings is 2. The molecule has 0 radical (unpaired) electrons. The number of halogens is 1. The molecule has 0 atom stereocenters. The molecule has 0 unspecified atom stereocenters. The molecule has 29 heavy (non-hydrogen) atoms. The van der Waals surface area contributed by atoms with Crippen LogP contribution in [-0.4, -0.2) is 39.7 Å². The van der Waals surface area contributed by atoms with Gasteiger partial charge in [-0.2, -0.15) is 5.10 Å². The monoisotopic (exact) mass is 473 g/mol. The number of aromatic nitrogens is 3. The average Bonchev–Trinajstić information content (AvgIpc) is 3.15. The van der Waals surface area contributed by atoms with E-state index >= 15 is 0 Å². The Morgan fingerprint density at radius 2 is 2.07 bits per heavy atom. The van der Waals surface area contributed by atoms with E-state index in [9.17, 15) is 4.79 Å². The predicted octanol–water partition coefficient (Wildman–Crippen LogP) is 3.98. The molecule has 0 spiro atoms. The van der Waals surface area contributed by atoms with Crippen LogP contribution in [0.3, 0.4) is 0 Å². The van der Waals surface area contributed by atoms with Crippen LogP contribution in [0.1, 0.15) is 12.5 Å². The van der Waals surface area contributed by atoms with Gasteiger partial charge in [0.25, 0.3) is 5.91 Å². The first-order valence-electron chi connectivity index (χ1n) is 8.88. The van der Waals surface area contributed by atoms with E-state index in [-0.39, 0.29) is 11.7 Å². The van der Waals surface area contributed by atoms with Gasteiger partial charge in [0, 0.05) is 16.6 Å². The quantitative estimate of drug-likeness (QED) is 0.304. The number of ether oxygens (including phenoxy) is 1. The Bertz CT molecular complexity index is 1000. The van der Waals surface area contributed by atoms with Crippen molar-refractivity contribution in [1.82, 2.24) is 20.2 Å². The molecule has 7 nitrogen and oxygen atoms in total. The van der Waals surface area contributed by atoms with E-state index in [1.165, 1.54) is 11.8 Å². The molecule has 0 bridgehead atoms. The lowest BCUT2D eigenvalue weighted by molar-refractivity contribution is -0.118. The molecular formula is C20H20BrN5O2S. The van der Waals surface area contributed by atoms with E-state index in [1.54, 1.807) is 13.3 Å². The normalized spacial score (nSPS) is 11.0. The lowest BCUT2D eigenvalue weighted by Gasteiger charge is -2.07. The van der Waals surface area contributed by atoms with Crippen molar-refractivity contribution in [3.63, 3.8) is 0 Å². The summed E-state index contributed by atoms with van der Waals surface area (Å²) in [6.45, 7) is 2.71. The summed E-state index contributed by atoms with van der Waals surface area (Å²) in [5, 5.41) is 13.2. The van der Waals surface area contributed by atoms with Crippen LogP contribution in [0.5, 0.6) is 5.75 Å². The fourth-order valence-corrected chi connectivity index (χ4v) is 3.77. The molecule has 3 rings (SSSR count). The van der Waals surface area contributed by atoms with Gasteiger partial charge in [-0.15, -0.1) is 10.2 Å². The van der Waals surface area contributed by atoms with Crippen molar-refractivity contribution in [2.75, 3.05) is 12.9 Å². The zero-order valence-corrected chi connectivity index (χ0v) is 18.4. The lowest BCUT2D eigenvalue weighted by atomic mass is 10.2. The third-order valence-electron chi connectivity index (χ3n) is 3.97. The van der Waals surface area contributed by atoms with E-state index in [1.807, 2.05) is 60.0 Å². The van der Waals surface area contributed by atoms with Gasteiger partial charge < -0.3 is 9.30 Å². The Hall–Kier alpha value is -2.65. The summed E-state index contributed by atoms with van der Waals surface area (Å²) in [4.78, 5) is 12.1. The Morgan fingerprint density at radius 1 is 1.28 bits per heavy atom. The van der Waals surface area contributed by atoms with Gasteiger partial charge >= 0.3 is 0 Å². The highest BCUT2D eigenvalue weighted by Crippen LogP contribution is 2.25. The zero-order chi connectivity index (χ0) is 20.6. The van der Waals surface area contributed by atoms with Crippen LogP contribution in [0.25, 0.3) is 11.4 Å². The summed E-state index contributed by atoms with van der Waals surface area (Å²) >= 11 is 4.72. The molecule has 1 N–H and O–H groups in total. The summed E-state index contributed by atoms with van der Waals surface area (Å²) in [6.07, 6.45) is 1.60. The van der Waals surface area contributed by atoms with Crippen molar-refractivity contribution >= 4 is 39.8 Å². The summed E-state index contributed by atoms with van der Waals surface area (Å²) in [7, 11) is 1.63. The van der Waals surface area contributed by atoms with E-state index in [0.717, 1.165) is 27.2 Å². The van der Waals surface area contributed by atoms with Crippen molar-refractivity contribution in [3.8, 4) is 17.1 Å². The number of amides is 1. The minimum Gasteiger partial charge on any atom is -0.497 e. The van der Waals surface area contributed by atoms with Gasteiger partial charge in [0.15, 0.2) is 11.0 Å². The number of hydrogen-bond donors (Lipinski definition) is 1. The van der Waals surface area contributed by atoms with Gasteiger partial charge in [0.1, 0.15) is 5.75 Å². The first kappa shape index (κ1) is 21.1. The number of nitrogens with one attached hydrogen (secondary N) is 1. The number of rotatable bonds is 8. The molecule has 150 valence electrons. The van der Waals surface area contributed by atoms with Gasteiger partial charge in [-0.05, 0) is 48.9 Å². The number of carbonyl (C=O) groups excluding carboxylic acids is 1. The molecule has 0 aliphatic carbocycles. The standard InChI is InChI=1S/C20H20BrN5O2S/c1-3-26-19(15-7-9-17(28-2)10-8-15)24-25-20(26)29-13-18(27)23-22-12-14-5-4-6-16(21)11-14/h4-12H,3,13H2,1-2H3,(H,23,27)/b22-12-. The smallest absolute Gasteiger partial charge is 0.250 e. The molecule has 2 aromatic carbocycles. The Morgan fingerprint density at radius 3 is 2.76 bits per heavy atom. The molecule has 9 heteroatoms. The van der Waals surface area contributed by atoms with Gasteiger partial charge in [-0.3, -0.25) is 4.79 Å². The minimum atomic E-state index is -0.210. The first-order valence-corrected chi connectivity index (χ1v) is 10.7. The molecule has 1 amide bonds. The maximum atomic E-state index is 12.1. The molecule has 0 aliphatic rings. The topological polar surface area (TPSA) is 81.4 Å². The van der Waals surface area contributed by atoms with E-state index in [4.69, 9.17) is 4.74 Å². The van der Waals surface area contributed by atoms with E-state index in [2.05, 4.69) is 36.7 Å². The van der Waals surface area contributed by atoms with Crippen LogP contribution in [-0.2, 0) is 11.3 Å². The lowest BCUT2D eigenvalue weighted by Crippen LogP contribution is -2.20. The van der Waals surface area contributed by atoms with Crippen LogP contribution >= 0.6 is 27.7 Å². The molecule has 0 fully saturated rings. The second-order valence-corrected chi connectivity index (χ2v) is 7.77. The molecule has 0 saturated carbocycles. The number of carbonyl (C=O) groups is 1. The minimum absolute atomic E-state index is 0.191. The maximum Gasteiger partial charge on any atom is 0.250 e. The Kier molecular flexibility index (Phi) is 7.42. The fraction of sp³-hybridized carbons (Fsp3) is 0.200. The van der Waals surface area contributed by atoms with Gasteiger partial charge in [0.05, 0.1) is 19.1 Å². The van der Waals surface area contributed by atoms with Crippen molar-refractivity contribution in [3.05, 3.63) is 58.6 Å². The van der Waals surface area contributed by atoms with Crippen LogP contribution in [0.2, 0.25) is 0 Å². The van der Waals surface area contributed by atoms with E-state index in [0.29, 0.717) is 11.7 Å². The predicted molar refractivity (Wildman–Crippen MR) is 118 cm³/mol. The van der Waals surface area contributed by atoms with Gasteiger partial charge in [0.2, 0.25) is 0 Å². The van der Waals surface area contributed by atoms with Crippen LogP contribution in [0.15, 0.2) is 63.3 Å². The highest BCUT2D eigenvalue weighted by molar-refractivity contribution is 9.10. The maximum absolute atomic E-state index is 12.1. The number of methoxy groups -OCH3 is 1. The number of hydrazone groups is 1. The third-order valence-corrected chi connectivity index (χ3v) is 5.43. The Balaban J connectivity index is 1.60. The summed E-state index contributed by atoms with van der Waals surface area (Å²) < 4.78 is 8.12. The van der Waals surface area contributed by atoms with Crippen molar-refractivity contribution < 1.29 is 9.53 Å². The number of thioether (sulfide) groups is 1. The summed E-state index contributed by atoms with van der Waals surface area (Å²) in [5.74, 6) is 1.52. The van der Waals surface area contributed by atoms with Crippen molar-refractivity contribution in [1.29, 1.82) is 0 Å². The van der Waals surface area contributed by atoms with Crippen molar-refractivity contribution in [2.24, 2.45) is 5.10 Å². The summed E-state index contributed by atoms with van der Waals surface area (Å²) in [5.41, 5.74) is 4.36. The average molecular weight is 474 g/mol. The SMILES string of the molecule is CCn1c(SCC(=O)N/N=C\c2cccc(Br)c2)nnc1-c1ccc(OC)cc1. The molecule has 1 heterocycles. The first-order chi connectivity index (χ1) is 14.1. The largest absolute Gasteiger partial charge is 0.497 e. The molecule has 0 aliphatic heterocycles. The molecular weight excluding hydrogens is 454 g/mol. The second-order valence-electron chi connectivity index (χ2n) is 5.92. The highest BCUT2D eigenvalue weighted by atomic mass is 79.9. The van der Waals surface area contributed by atoms with Gasteiger partial charge in [-0.25, -0.2) is 5.43 Å². The summed E-state index contributed by atoms with van der Waals surface area (Å²) in [6, 6.07) is 15.3. The molecule has 1 aromatic heterocycles. The van der Waals surface area contributed by atoms with E-state index < -0.39 is 0 Å². The highest BCUT2D eigenvalue weighted by Gasteiger charge is 2.14.